The number of aromatic nitrogens is 2. The van der Waals surface area contributed by atoms with E-state index in [2.05, 4.69) is 14.9 Å². The van der Waals surface area contributed by atoms with E-state index >= 15 is 0 Å². The Morgan fingerprint density at radius 3 is 2.50 bits per heavy atom. The fraction of sp³-hybridized carbons (Fsp3) is 0.333. The lowest BCUT2D eigenvalue weighted by Gasteiger charge is -2.32. The number of nitro groups is 1. The van der Waals surface area contributed by atoms with Crippen LogP contribution in [0.2, 0.25) is 0 Å². The monoisotopic (exact) mass is 300 g/mol. The normalized spacial score (nSPS) is 15.7. The number of rotatable bonds is 4. The van der Waals surface area contributed by atoms with Crippen LogP contribution in [0.4, 0.5) is 11.6 Å². The van der Waals surface area contributed by atoms with E-state index in [0.717, 1.165) is 37.7 Å². The number of piperazine rings is 1. The largest absolute Gasteiger partial charge is 0.330 e. The Morgan fingerprint density at radius 2 is 1.82 bits per heavy atom. The summed E-state index contributed by atoms with van der Waals surface area (Å²) in [6.07, 6.45) is 3.49. The van der Waals surface area contributed by atoms with E-state index in [0.29, 0.717) is 6.54 Å². The van der Waals surface area contributed by atoms with Gasteiger partial charge in [0.2, 0.25) is 5.95 Å². The number of para-hydroxylation sites is 1. The molecule has 0 amide bonds. The van der Waals surface area contributed by atoms with Crippen LogP contribution in [-0.2, 0) is 6.54 Å². The van der Waals surface area contributed by atoms with Crippen LogP contribution in [0.3, 0.4) is 0 Å². The first-order chi connectivity index (χ1) is 10.7. The van der Waals surface area contributed by atoms with E-state index in [9.17, 15) is 10.1 Å². The highest BCUT2D eigenvalue weighted by molar-refractivity contribution is 5.39. The molecule has 0 aliphatic carbocycles. The van der Waals surface area contributed by atoms with Crippen LogP contribution in [0.5, 0.6) is 0 Å². The second kappa shape index (κ2) is 6.48. The van der Waals surface area contributed by atoms with Gasteiger partial charge in [0.15, 0.2) is 0 Å². The zero-order valence-electron chi connectivity index (χ0n) is 12.2. The van der Waals surface area contributed by atoms with Crippen LogP contribution in [0.1, 0.15) is 5.56 Å². The Morgan fingerprint density at radius 1 is 1.14 bits per heavy atom. The fourth-order valence-electron chi connectivity index (χ4n) is 2.76. The van der Waals surface area contributed by atoms with Crippen molar-refractivity contribution in [1.82, 2.24) is 9.97 Å². The summed E-state index contributed by atoms with van der Waals surface area (Å²) in [5, 5.41) is 11.1. The molecule has 0 atom stereocenters. The highest BCUT2D eigenvalue weighted by atomic mass is 16.6. The maximum absolute atomic E-state index is 11.1. The summed E-state index contributed by atoms with van der Waals surface area (Å²) < 4.78 is 0. The number of benzene rings is 1. The second-order valence-corrected chi connectivity index (χ2v) is 5.35. The molecule has 7 heteroatoms. The number of nitrogens with zero attached hydrogens (tertiary/aromatic N) is 4. The molecule has 2 aromatic rings. The van der Waals surface area contributed by atoms with E-state index in [1.807, 2.05) is 12.1 Å². The van der Waals surface area contributed by atoms with E-state index in [4.69, 9.17) is 0 Å². The van der Waals surface area contributed by atoms with Crippen LogP contribution < -0.4 is 9.80 Å². The highest BCUT2D eigenvalue weighted by Crippen LogP contribution is 2.16. The third kappa shape index (κ3) is 3.20. The van der Waals surface area contributed by atoms with Gasteiger partial charge in [0, 0.05) is 18.5 Å². The molecule has 1 aromatic heterocycles. The van der Waals surface area contributed by atoms with Crippen LogP contribution in [-0.4, -0.2) is 41.1 Å². The molecule has 2 heterocycles. The summed E-state index contributed by atoms with van der Waals surface area (Å²) in [6, 6.07) is 8.79. The molecule has 3 rings (SSSR count). The standard InChI is InChI=1S/C15H17N5O2/c21-20(22)14-5-2-1-4-13(14)12-18-8-10-19(11-9-18)15-16-6-3-7-17-15/h1-7H,8-12H2/p+1. The van der Waals surface area contributed by atoms with Gasteiger partial charge in [0.1, 0.15) is 6.54 Å². The Labute approximate surface area is 128 Å². The molecular weight excluding hydrogens is 282 g/mol. The third-order valence-corrected chi connectivity index (χ3v) is 3.93. The lowest BCUT2D eigenvalue weighted by Crippen LogP contribution is -3.13. The minimum Gasteiger partial charge on any atom is -0.330 e. The van der Waals surface area contributed by atoms with E-state index in [1.54, 1.807) is 30.6 Å². The summed E-state index contributed by atoms with van der Waals surface area (Å²) in [5.74, 6) is 0.757. The average Bonchev–Trinajstić information content (AvgIpc) is 2.57. The first kappa shape index (κ1) is 14.4. The molecule has 1 saturated heterocycles. The highest BCUT2D eigenvalue weighted by Gasteiger charge is 2.24. The smallest absolute Gasteiger partial charge is 0.278 e. The molecule has 1 N–H and O–H groups in total. The van der Waals surface area contributed by atoms with Crippen molar-refractivity contribution in [3.05, 3.63) is 58.4 Å². The summed E-state index contributed by atoms with van der Waals surface area (Å²) in [6.45, 7) is 4.25. The van der Waals surface area contributed by atoms with E-state index < -0.39 is 0 Å². The van der Waals surface area contributed by atoms with Crippen molar-refractivity contribution in [1.29, 1.82) is 0 Å². The van der Waals surface area contributed by atoms with Gasteiger partial charge in [-0.15, -0.1) is 0 Å². The minimum atomic E-state index is -0.303. The van der Waals surface area contributed by atoms with Crippen molar-refractivity contribution in [3.63, 3.8) is 0 Å². The number of anilines is 1. The summed E-state index contributed by atoms with van der Waals surface area (Å²) in [7, 11) is 0. The molecule has 0 spiro atoms. The molecule has 22 heavy (non-hydrogen) atoms. The number of nitro benzene ring substituents is 1. The van der Waals surface area contributed by atoms with Crippen molar-refractivity contribution < 1.29 is 9.82 Å². The maximum atomic E-state index is 11.1. The van der Waals surface area contributed by atoms with Gasteiger partial charge in [0.05, 0.1) is 36.7 Å². The number of nitrogens with one attached hydrogen (secondary N) is 1. The summed E-state index contributed by atoms with van der Waals surface area (Å²) >= 11 is 0. The van der Waals surface area contributed by atoms with Crippen LogP contribution in [0, 0.1) is 10.1 Å². The van der Waals surface area contributed by atoms with Gasteiger partial charge in [-0.2, -0.15) is 0 Å². The fourth-order valence-corrected chi connectivity index (χ4v) is 2.76. The Hall–Kier alpha value is -2.54. The molecule has 114 valence electrons. The van der Waals surface area contributed by atoms with Crippen molar-refractivity contribution in [2.24, 2.45) is 0 Å². The topological polar surface area (TPSA) is 76.6 Å². The minimum absolute atomic E-state index is 0.212. The lowest BCUT2D eigenvalue weighted by molar-refractivity contribution is -0.914. The van der Waals surface area contributed by atoms with Gasteiger partial charge in [0.25, 0.3) is 5.69 Å². The zero-order chi connectivity index (χ0) is 15.4. The van der Waals surface area contributed by atoms with Gasteiger partial charge in [-0.1, -0.05) is 12.1 Å². The Bertz CT molecular complexity index is 641. The van der Waals surface area contributed by atoms with E-state index in [-0.39, 0.29) is 10.6 Å². The Kier molecular flexibility index (Phi) is 4.24. The number of hydrogen-bond donors (Lipinski definition) is 1. The van der Waals surface area contributed by atoms with Crippen LogP contribution in [0.25, 0.3) is 0 Å². The molecule has 0 unspecified atom stereocenters. The van der Waals surface area contributed by atoms with Crippen molar-refractivity contribution >= 4 is 11.6 Å². The average molecular weight is 300 g/mol. The predicted octanol–water partition coefficient (Wildman–Crippen LogP) is 0.290. The SMILES string of the molecule is O=[N+]([O-])c1ccccc1C[NH+]1CCN(c2ncccn2)CC1. The molecule has 1 fully saturated rings. The molecule has 7 nitrogen and oxygen atoms in total. The molecular formula is C15H18N5O2+. The zero-order valence-corrected chi connectivity index (χ0v) is 12.2. The van der Waals surface area contributed by atoms with Crippen molar-refractivity contribution in [2.75, 3.05) is 31.1 Å². The molecule has 1 aliphatic heterocycles. The van der Waals surface area contributed by atoms with Crippen molar-refractivity contribution in [3.8, 4) is 0 Å². The molecule has 1 aliphatic rings. The van der Waals surface area contributed by atoms with E-state index in [1.165, 1.54) is 4.90 Å². The van der Waals surface area contributed by atoms with Gasteiger partial charge in [-0.25, -0.2) is 9.97 Å². The van der Waals surface area contributed by atoms with Crippen LogP contribution >= 0.6 is 0 Å². The first-order valence-corrected chi connectivity index (χ1v) is 7.32. The summed E-state index contributed by atoms with van der Waals surface area (Å²) in [4.78, 5) is 22.8. The predicted molar refractivity (Wildman–Crippen MR) is 81.7 cm³/mol. The van der Waals surface area contributed by atoms with Gasteiger partial charge in [-0.3, -0.25) is 10.1 Å². The molecule has 1 aromatic carbocycles. The van der Waals surface area contributed by atoms with Crippen molar-refractivity contribution in [2.45, 2.75) is 6.54 Å². The molecule has 0 saturated carbocycles. The molecule has 0 bridgehead atoms. The van der Waals surface area contributed by atoms with Gasteiger partial charge >= 0.3 is 0 Å². The number of hydrogen-bond acceptors (Lipinski definition) is 5. The third-order valence-electron chi connectivity index (χ3n) is 3.93. The quantitative estimate of drug-likeness (QED) is 0.649. The first-order valence-electron chi connectivity index (χ1n) is 7.32. The Balaban J connectivity index is 1.62. The lowest BCUT2D eigenvalue weighted by atomic mass is 10.1. The van der Waals surface area contributed by atoms with Gasteiger partial charge in [-0.05, 0) is 12.1 Å². The summed E-state index contributed by atoms with van der Waals surface area (Å²) in [5.41, 5.74) is 1.01. The number of quaternary nitrogens is 1. The second-order valence-electron chi connectivity index (χ2n) is 5.35. The van der Waals surface area contributed by atoms with Crippen LogP contribution in [0.15, 0.2) is 42.7 Å². The maximum Gasteiger partial charge on any atom is 0.278 e. The molecule has 0 radical (unpaired) electrons. The van der Waals surface area contributed by atoms with Gasteiger partial charge < -0.3 is 9.80 Å².